The molecule has 2 fully saturated rings. The first-order chi connectivity index (χ1) is 13.3. The zero-order valence-corrected chi connectivity index (χ0v) is 18.6. The van der Waals surface area contributed by atoms with E-state index in [1.807, 2.05) is 7.05 Å². The Labute approximate surface area is 172 Å². The van der Waals surface area contributed by atoms with E-state index in [2.05, 4.69) is 54.9 Å². The topological polar surface area (TPSA) is 58.3 Å². The van der Waals surface area contributed by atoms with Gasteiger partial charge in [-0.25, -0.2) is 0 Å². The predicted octanol–water partition coefficient (Wildman–Crippen LogP) is 3.45. The van der Waals surface area contributed by atoms with Crippen LogP contribution in [0.15, 0.2) is 10.1 Å². The van der Waals surface area contributed by atoms with Crippen molar-refractivity contribution in [2.24, 2.45) is 4.99 Å². The van der Waals surface area contributed by atoms with Crippen LogP contribution in [0.25, 0.3) is 0 Å². The molecule has 6 nitrogen and oxygen atoms in total. The van der Waals surface area contributed by atoms with E-state index in [1.165, 1.54) is 37.9 Å². The highest BCUT2D eigenvalue weighted by Crippen LogP contribution is 2.33. The second kappa shape index (κ2) is 10.6. The molecule has 0 spiro atoms. The lowest BCUT2D eigenvalue weighted by molar-refractivity contribution is 0.407. The number of nitrogens with zero attached hydrogens (tertiary/aromatic N) is 5. The summed E-state index contributed by atoms with van der Waals surface area (Å²) in [5.74, 6) is 3.40. The second-order valence-electron chi connectivity index (χ2n) is 7.34. The van der Waals surface area contributed by atoms with E-state index in [-0.39, 0.29) is 0 Å². The van der Waals surface area contributed by atoms with E-state index in [0.717, 1.165) is 54.7 Å². The van der Waals surface area contributed by atoms with Crippen LogP contribution in [-0.2, 0) is 6.42 Å². The number of guanidine groups is 1. The van der Waals surface area contributed by atoms with Gasteiger partial charge in [-0.2, -0.15) is 11.8 Å². The number of aryl methyl sites for hydroxylation is 1. The number of hydrogen-bond acceptors (Lipinski definition) is 5. The van der Waals surface area contributed by atoms with Gasteiger partial charge < -0.3 is 14.8 Å². The van der Waals surface area contributed by atoms with E-state index >= 15 is 0 Å². The second-order valence-corrected chi connectivity index (χ2v) is 9.52. The third-order valence-electron chi connectivity index (χ3n) is 5.57. The molecule has 8 heteroatoms. The summed E-state index contributed by atoms with van der Waals surface area (Å²) in [7, 11) is 1.90. The quantitative estimate of drug-likeness (QED) is 0.322. The number of nitrogens with one attached hydrogen (secondary N) is 1. The summed E-state index contributed by atoms with van der Waals surface area (Å²) in [6, 6.07) is 0.606. The summed E-state index contributed by atoms with van der Waals surface area (Å²) in [5, 5.41) is 14.3. The fraction of sp³-hybridized carbons (Fsp3) is 0.842. The van der Waals surface area contributed by atoms with Gasteiger partial charge in [-0.1, -0.05) is 31.5 Å². The lowest BCUT2D eigenvalue weighted by Crippen LogP contribution is -2.48. The van der Waals surface area contributed by atoms with E-state index < -0.39 is 0 Å². The summed E-state index contributed by atoms with van der Waals surface area (Å²) in [5.41, 5.74) is 0. The molecule has 1 N–H and O–H groups in total. The van der Waals surface area contributed by atoms with Crippen LogP contribution in [0, 0.1) is 0 Å². The molecule has 1 aromatic heterocycles. The minimum Gasteiger partial charge on any atom is -0.356 e. The van der Waals surface area contributed by atoms with Gasteiger partial charge in [0.2, 0.25) is 0 Å². The first-order valence-electron chi connectivity index (χ1n) is 10.3. The highest BCUT2D eigenvalue weighted by Gasteiger charge is 2.24. The molecule has 2 heterocycles. The Hall–Kier alpha value is -0.890. The van der Waals surface area contributed by atoms with Gasteiger partial charge in [0, 0.05) is 50.1 Å². The molecule has 1 saturated carbocycles. The van der Waals surface area contributed by atoms with Crippen molar-refractivity contribution in [3.8, 4) is 0 Å². The lowest BCUT2D eigenvalue weighted by atomic mass is 10.2. The SMILES string of the molecule is CCC1CN(C(=NC)NCCCc2nnc(SC)n2C2CCCC2)CCS1. The Morgan fingerprint density at radius 3 is 2.85 bits per heavy atom. The minimum atomic E-state index is 0.606. The molecule has 1 atom stereocenters. The lowest BCUT2D eigenvalue weighted by Gasteiger charge is -2.34. The van der Waals surface area contributed by atoms with Crippen molar-refractivity contribution < 1.29 is 0 Å². The predicted molar refractivity (Wildman–Crippen MR) is 117 cm³/mol. The number of rotatable bonds is 7. The third kappa shape index (κ3) is 5.34. The monoisotopic (exact) mass is 410 g/mol. The summed E-state index contributed by atoms with van der Waals surface area (Å²) >= 11 is 3.81. The maximum atomic E-state index is 4.51. The summed E-state index contributed by atoms with van der Waals surface area (Å²) < 4.78 is 2.42. The van der Waals surface area contributed by atoms with Crippen molar-refractivity contribution in [3.63, 3.8) is 0 Å². The number of hydrogen-bond donors (Lipinski definition) is 1. The van der Waals surface area contributed by atoms with Crippen molar-refractivity contribution in [1.29, 1.82) is 0 Å². The van der Waals surface area contributed by atoms with Crippen LogP contribution in [0.4, 0.5) is 0 Å². The van der Waals surface area contributed by atoms with Gasteiger partial charge in [0.15, 0.2) is 11.1 Å². The average molecular weight is 411 g/mol. The van der Waals surface area contributed by atoms with Crippen LogP contribution < -0.4 is 5.32 Å². The molecule has 0 amide bonds. The number of thioether (sulfide) groups is 2. The molecule has 1 aromatic rings. The van der Waals surface area contributed by atoms with Crippen molar-refractivity contribution in [1.82, 2.24) is 25.0 Å². The highest BCUT2D eigenvalue weighted by atomic mass is 32.2. The summed E-state index contributed by atoms with van der Waals surface area (Å²) in [4.78, 5) is 6.92. The van der Waals surface area contributed by atoms with E-state index in [4.69, 9.17) is 0 Å². The van der Waals surface area contributed by atoms with Crippen molar-refractivity contribution in [2.45, 2.75) is 68.3 Å². The van der Waals surface area contributed by atoms with Crippen LogP contribution in [0.2, 0.25) is 0 Å². The van der Waals surface area contributed by atoms with Crippen LogP contribution in [0.1, 0.15) is 57.3 Å². The standard InChI is InChI=1S/C19H34N6S2/c1-4-16-14-24(12-13-27-16)18(20-2)21-11-7-10-17-22-23-19(26-3)25(17)15-8-5-6-9-15/h15-16H,4-14H2,1-3H3,(H,20,21). The Bertz CT molecular complexity index is 611. The molecule has 1 aliphatic carbocycles. The molecule has 1 saturated heterocycles. The Balaban J connectivity index is 1.50. The van der Waals surface area contributed by atoms with Gasteiger partial charge in [-0.3, -0.25) is 4.99 Å². The van der Waals surface area contributed by atoms with Gasteiger partial charge >= 0.3 is 0 Å². The van der Waals surface area contributed by atoms with Gasteiger partial charge in [-0.05, 0) is 31.9 Å². The molecule has 27 heavy (non-hydrogen) atoms. The third-order valence-corrected chi connectivity index (χ3v) is 7.59. The molecule has 1 aliphatic heterocycles. The molecular weight excluding hydrogens is 376 g/mol. The number of aromatic nitrogens is 3. The average Bonchev–Trinajstić information content (AvgIpc) is 3.37. The maximum Gasteiger partial charge on any atom is 0.193 e. The highest BCUT2D eigenvalue weighted by molar-refractivity contribution is 8.00. The first kappa shape index (κ1) is 20.8. The Kier molecular flexibility index (Phi) is 8.18. The van der Waals surface area contributed by atoms with Gasteiger partial charge in [0.1, 0.15) is 5.82 Å². The molecule has 1 unspecified atom stereocenters. The van der Waals surface area contributed by atoms with Gasteiger partial charge in [0.05, 0.1) is 0 Å². The van der Waals surface area contributed by atoms with Crippen molar-refractivity contribution >= 4 is 29.5 Å². The molecular formula is C19H34N6S2. The fourth-order valence-corrected chi connectivity index (χ4v) is 5.84. The minimum absolute atomic E-state index is 0.606. The normalized spacial score (nSPS) is 21.8. The molecule has 152 valence electrons. The van der Waals surface area contributed by atoms with E-state index in [9.17, 15) is 0 Å². The van der Waals surface area contributed by atoms with E-state index in [1.54, 1.807) is 11.8 Å². The fourth-order valence-electron chi connectivity index (χ4n) is 4.08. The zero-order chi connectivity index (χ0) is 19.1. The first-order valence-corrected chi connectivity index (χ1v) is 12.6. The van der Waals surface area contributed by atoms with E-state index in [0.29, 0.717) is 6.04 Å². The maximum absolute atomic E-state index is 4.51. The van der Waals surface area contributed by atoms with Crippen LogP contribution >= 0.6 is 23.5 Å². The van der Waals surface area contributed by atoms with Crippen LogP contribution in [0.5, 0.6) is 0 Å². The smallest absolute Gasteiger partial charge is 0.193 e. The molecule has 3 rings (SSSR count). The van der Waals surface area contributed by atoms with Crippen LogP contribution in [-0.4, -0.2) is 69.6 Å². The molecule has 0 aromatic carbocycles. The van der Waals surface area contributed by atoms with Gasteiger partial charge in [-0.15, -0.1) is 10.2 Å². The number of aliphatic imine (C=N–C) groups is 1. The van der Waals surface area contributed by atoms with Crippen molar-refractivity contribution in [3.05, 3.63) is 5.82 Å². The Morgan fingerprint density at radius 2 is 2.15 bits per heavy atom. The van der Waals surface area contributed by atoms with Crippen molar-refractivity contribution in [2.75, 3.05) is 38.7 Å². The summed E-state index contributed by atoms with van der Waals surface area (Å²) in [6.07, 6.45) is 10.6. The Morgan fingerprint density at radius 1 is 1.33 bits per heavy atom. The van der Waals surface area contributed by atoms with Gasteiger partial charge in [0.25, 0.3) is 0 Å². The molecule has 0 radical (unpaired) electrons. The molecule has 0 bridgehead atoms. The zero-order valence-electron chi connectivity index (χ0n) is 17.0. The molecule has 2 aliphatic rings. The van der Waals surface area contributed by atoms with Crippen LogP contribution in [0.3, 0.4) is 0 Å². The summed E-state index contributed by atoms with van der Waals surface area (Å²) in [6.45, 7) is 5.40. The largest absolute Gasteiger partial charge is 0.356 e.